The SMILES string of the molecule is CCC(=O)N1CCN(Cc2c(-c3ccc(C)cc3)nc3ccc(-c4cccc(C)c4)cn23)CC1. The van der Waals surface area contributed by atoms with Crippen LogP contribution in [-0.2, 0) is 11.3 Å². The van der Waals surface area contributed by atoms with E-state index in [4.69, 9.17) is 4.98 Å². The molecule has 3 heterocycles. The van der Waals surface area contributed by atoms with Crippen molar-refractivity contribution in [3.63, 3.8) is 0 Å². The highest BCUT2D eigenvalue weighted by atomic mass is 16.2. The Kier molecular flexibility index (Phi) is 6.20. The standard InChI is InChI=1S/C29H32N4O/c1-4-28(34)32-16-14-31(15-17-32)20-26-29(23-10-8-21(2)9-11-23)30-27-13-12-25(19-33(26)27)24-7-5-6-22(3)18-24/h5-13,18-19H,4,14-17,20H2,1-3H3. The number of pyridine rings is 1. The number of carbonyl (C=O) groups excluding carboxylic acids is 1. The van der Waals surface area contributed by atoms with Gasteiger partial charge in [-0.3, -0.25) is 9.69 Å². The van der Waals surface area contributed by atoms with Gasteiger partial charge in [-0.1, -0.05) is 66.6 Å². The average molecular weight is 453 g/mol. The van der Waals surface area contributed by atoms with E-state index >= 15 is 0 Å². The quantitative estimate of drug-likeness (QED) is 0.410. The summed E-state index contributed by atoms with van der Waals surface area (Å²) in [5, 5.41) is 0. The number of rotatable bonds is 5. The number of piperazine rings is 1. The summed E-state index contributed by atoms with van der Waals surface area (Å²) >= 11 is 0. The molecule has 1 fully saturated rings. The number of aryl methyl sites for hydroxylation is 2. The molecule has 34 heavy (non-hydrogen) atoms. The summed E-state index contributed by atoms with van der Waals surface area (Å²) in [6, 6.07) is 21.5. The highest BCUT2D eigenvalue weighted by molar-refractivity contribution is 5.76. The third-order valence-corrected chi connectivity index (χ3v) is 6.79. The number of nitrogens with zero attached hydrogens (tertiary/aromatic N) is 4. The van der Waals surface area contributed by atoms with Gasteiger partial charge in [0.2, 0.25) is 5.91 Å². The second-order valence-electron chi connectivity index (χ2n) is 9.30. The molecule has 0 spiro atoms. The maximum Gasteiger partial charge on any atom is 0.222 e. The predicted octanol–water partition coefficient (Wildman–Crippen LogP) is 5.34. The van der Waals surface area contributed by atoms with Crippen molar-refractivity contribution in [1.29, 1.82) is 0 Å². The third kappa shape index (κ3) is 4.48. The van der Waals surface area contributed by atoms with Crippen molar-refractivity contribution in [1.82, 2.24) is 19.2 Å². The smallest absolute Gasteiger partial charge is 0.222 e. The number of imidazole rings is 1. The van der Waals surface area contributed by atoms with Gasteiger partial charge in [0.15, 0.2) is 0 Å². The lowest BCUT2D eigenvalue weighted by Gasteiger charge is -2.34. The first-order valence-corrected chi connectivity index (χ1v) is 12.2. The largest absolute Gasteiger partial charge is 0.340 e. The van der Waals surface area contributed by atoms with Crippen LogP contribution >= 0.6 is 0 Å². The lowest BCUT2D eigenvalue weighted by Crippen LogP contribution is -2.48. The molecule has 5 rings (SSSR count). The van der Waals surface area contributed by atoms with Crippen LogP contribution in [0.25, 0.3) is 28.0 Å². The molecule has 0 N–H and O–H groups in total. The molecule has 5 heteroatoms. The molecule has 0 atom stereocenters. The van der Waals surface area contributed by atoms with Gasteiger partial charge in [0.25, 0.3) is 0 Å². The number of amides is 1. The molecule has 1 aliphatic heterocycles. The fourth-order valence-electron chi connectivity index (χ4n) is 4.77. The van der Waals surface area contributed by atoms with Crippen molar-refractivity contribution >= 4 is 11.6 Å². The first kappa shape index (κ1) is 22.4. The van der Waals surface area contributed by atoms with Gasteiger partial charge in [0.1, 0.15) is 5.65 Å². The Balaban J connectivity index is 1.54. The molecule has 2 aromatic carbocycles. The maximum absolute atomic E-state index is 12.1. The van der Waals surface area contributed by atoms with E-state index in [0.29, 0.717) is 6.42 Å². The highest BCUT2D eigenvalue weighted by Gasteiger charge is 2.23. The van der Waals surface area contributed by atoms with Crippen LogP contribution in [0.4, 0.5) is 0 Å². The van der Waals surface area contributed by atoms with E-state index in [9.17, 15) is 4.79 Å². The Morgan fingerprint density at radius 3 is 2.29 bits per heavy atom. The van der Waals surface area contributed by atoms with Gasteiger partial charge < -0.3 is 9.30 Å². The molecule has 5 nitrogen and oxygen atoms in total. The Morgan fingerprint density at radius 2 is 1.59 bits per heavy atom. The average Bonchev–Trinajstić information content (AvgIpc) is 3.22. The minimum Gasteiger partial charge on any atom is -0.340 e. The minimum atomic E-state index is 0.248. The van der Waals surface area contributed by atoms with Gasteiger partial charge in [-0.2, -0.15) is 0 Å². The Hall–Kier alpha value is -3.44. The third-order valence-electron chi connectivity index (χ3n) is 6.79. The minimum absolute atomic E-state index is 0.248. The number of fused-ring (bicyclic) bond motifs is 1. The second kappa shape index (κ2) is 9.43. The van der Waals surface area contributed by atoms with Gasteiger partial charge >= 0.3 is 0 Å². The van der Waals surface area contributed by atoms with Crippen molar-refractivity contribution < 1.29 is 4.79 Å². The molecular weight excluding hydrogens is 420 g/mol. The summed E-state index contributed by atoms with van der Waals surface area (Å²) in [6.45, 7) is 10.3. The predicted molar refractivity (Wildman–Crippen MR) is 138 cm³/mol. The molecule has 0 aliphatic carbocycles. The number of aromatic nitrogens is 2. The number of carbonyl (C=O) groups is 1. The highest BCUT2D eigenvalue weighted by Crippen LogP contribution is 2.29. The second-order valence-corrected chi connectivity index (χ2v) is 9.30. The van der Waals surface area contributed by atoms with Crippen LogP contribution in [0.15, 0.2) is 66.9 Å². The summed E-state index contributed by atoms with van der Waals surface area (Å²) in [7, 11) is 0. The summed E-state index contributed by atoms with van der Waals surface area (Å²) in [5.74, 6) is 0.248. The molecule has 1 saturated heterocycles. The monoisotopic (exact) mass is 452 g/mol. The van der Waals surface area contributed by atoms with Crippen molar-refractivity contribution in [3.05, 3.63) is 83.7 Å². The Bertz CT molecular complexity index is 1310. The Morgan fingerprint density at radius 1 is 0.853 bits per heavy atom. The van der Waals surface area contributed by atoms with E-state index in [0.717, 1.165) is 49.6 Å². The Labute approximate surface area is 201 Å². The van der Waals surface area contributed by atoms with Crippen LogP contribution in [0.5, 0.6) is 0 Å². The van der Waals surface area contributed by atoms with Crippen LogP contribution in [0.1, 0.15) is 30.2 Å². The van der Waals surface area contributed by atoms with Crippen LogP contribution in [0.3, 0.4) is 0 Å². The van der Waals surface area contributed by atoms with E-state index in [1.807, 2.05) is 11.8 Å². The van der Waals surface area contributed by atoms with Gasteiger partial charge in [0.05, 0.1) is 11.4 Å². The van der Waals surface area contributed by atoms with Crippen molar-refractivity contribution in [2.75, 3.05) is 26.2 Å². The molecule has 1 aliphatic rings. The van der Waals surface area contributed by atoms with Crippen molar-refractivity contribution in [3.8, 4) is 22.4 Å². The lowest BCUT2D eigenvalue weighted by molar-refractivity contribution is -0.132. The number of benzene rings is 2. The normalized spacial score (nSPS) is 14.6. The zero-order valence-electron chi connectivity index (χ0n) is 20.3. The van der Waals surface area contributed by atoms with E-state index in [1.54, 1.807) is 0 Å². The van der Waals surface area contributed by atoms with E-state index in [1.165, 1.54) is 27.9 Å². The van der Waals surface area contributed by atoms with Crippen molar-refractivity contribution in [2.24, 2.45) is 0 Å². The van der Waals surface area contributed by atoms with Crippen molar-refractivity contribution in [2.45, 2.75) is 33.7 Å². The summed E-state index contributed by atoms with van der Waals surface area (Å²) < 4.78 is 2.26. The molecule has 0 saturated carbocycles. The molecule has 2 aromatic heterocycles. The maximum atomic E-state index is 12.1. The summed E-state index contributed by atoms with van der Waals surface area (Å²) in [5.41, 5.74) is 9.23. The van der Waals surface area contributed by atoms with Crippen LogP contribution in [0.2, 0.25) is 0 Å². The lowest BCUT2D eigenvalue weighted by atomic mass is 10.1. The molecule has 0 unspecified atom stereocenters. The van der Waals surface area contributed by atoms with E-state index in [-0.39, 0.29) is 5.91 Å². The van der Waals surface area contributed by atoms with Crippen LogP contribution < -0.4 is 0 Å². The van der Waals surface area contributed by atoms with Crippen LogP contribution in [-0.4, -0.2) is 51.3 Å². The number of hydrogen-bond donors (Lipinski definition) is 0. The van der Waals surface area contributed by atoms with E-state index in [2.05, 4.69) is 90.0 Å². The van der Waals surface area contributed by atoms with Gasteiger partial charge in [-0.25, -0.2) is 4.98 Å². The first-order chi connectivity index (χ1) is 16.5. The molecule has 0 bridgehead atoms. The zero-order chi connectivity index (χ0) is 23.7. The van der Waals surface area contributed by atoms with E-state index < -0.39 is 0 Å². The zero-order valence-corrected chi connectivity index (χ0v) is 20.3. The van der Waals surface area contributed by atoms with Gasteiger partial charge in [-0.15, -0.1) is 0 Å². The summed E-state index contributed by atoms with van der Waals surface area (Å²) in [4.78, 5) is 21.6. The summed E-state index contributed by atoms with van der Waals surface area (Å²) in [6.07, 6.45) is 2.80. The molecular formula is C29H32N4O. The van der Waals surface area contributed by atoms with Gasteiger partial charge in [0, 0.05) is 50.9 Å². The fourth-order valence-corrected chi connectivity index (χ4v) is 4.77. The topological polar surface area (TPSA) is 40.9 Å². The first-order valence-electron chi connectivity index (χ1n) is 12.2. The molecule has 174 valence electrons. The molecule has 4 aromatic rings. The van der Waals surface area contributed by atoms with Gasteiger partial charge in [-0.05, 0) is 37.1 Å². The number of hydrogen-bond acceptors (Lipinski definition) is 3. The van der Waals surface area contributed by atoms with Crippen LogP contribution in [0, 0.1) is 13.8 Å². The molecule has 1 amide bonds. The fraction of sp³-hybridized carbons (Fsp3) is 0.310. The molecule has 0 radical (unpaired) electrons.